The largest absolute Gasteiger partial charge is 0.490 e. The van der Waals surface area contributed by atoms with Crippen molar-refractivity contribution >= 4 is 39.1 Å². The number of hydrogen-bond acceptors (Lipinski definition) is 5. The lowest BCUT2D eigenvalue weighted by Crippen LogP contribution is -2.43. The maximum absolute atomic E-state index is 12.1. The highest BCUT2D eigenvalue weighted by atomic mass is 79.9. The zero-order valence-electron chi connectivity index (χ0n) is 18.6. The third-order valence-electron chi connectivity index (χ3n) is 3.93. The molecule has 0 spiro atoms. The van der Waals surface area contributed by atoms with E-state index >= 15 is 0 Å². The number of carbonyl (C=O) groups excluding carboxylic acids is 2. The van der Waals surface area contributed by atoms with E-state index in [1.165, 1.54) is 6.92 Å². The predicted octanol–water partition coefficient (Wildman–Crippen LogP) is 4.71. The minimum absolute atomic E-state index is 0.103. The number of ether oxygens (including phenoxy) is 2. The summed E-state index contributed by atoms with van der Waals surface area (Å²) in [6.07, 6.45) is 0. The lowest BCUT2D eigenvalue weighted by Gasteiger charge is -2.21. The van der Waals surface area contributed by atoms with Gasteiger partial charge in [0, 0.05) is 30.4 Å². The number of amides is 2. The second kappa shape index (κ2) is 11.0. The Bertz CT molecular complexity index is 908. The summed E-state index contributed by atoms with van der Waals surface area (Å²) in [6.45, 7) is 10.1. The third kappa shape index (κ3) is 8.49. The molecule has 0 aliphatic carbocycles. The number of nitrogens with one attached hydrogen (secondary N) is 3. The molecular formula is C23H30BrN3O4. The van der Waals surface area contributed by atoms with Crippen molar-refractivity contribution in [2.24, 2.45) is 0 Å². The fraction of sp³-hybridized carbons (Fsp3) is 0.391. The van der Waals surface area contributed by atoms with Gasteiger partial charge in [0.15, 0.2) is 18.1 Å². The van der Waals surface area contributed by atoms with E-state index in [-0.39, 0.29) is 24.0 Å². The molecule has 31 heavy (non-hydrogen) atoms. The monoisotopic (exact) mass is 491 g/mol. The van der Waals surface area contributed by atoms with E-state index in [0.29, 0.717) is 29.1 Å². The summed E-state index contributed by atoms with van der Waals surface area (Å²) in [5, 5.41) is 8.95. The van der Waals surface area contributed by atoms with Crippen molar-refractivity contribution < 1.29 is 19.1 Å². The molecule has 2 aromatic carbocycles. The van der Waals surface area contributed by atoms with E-state index in [2.05, 4.69) is 31.9 Å². The Kier molecular flexibility index (Phi) is 8.74. The number of rotatable bonds is 9. The molecule has 2 aromatic rings. The van der Waals surface area contributed by atoms with Crippen LogP contribution in [0.15, 0.2) is 40.9 Å². The van der Waals surface area contributed by atoms with Crippen LogP contribution in [0, 0.1) is 0 Å². The molecule has 2 rings (SSSR count). The highest BCUT2D eigenvalue weighted by molar-refractivity contribution is 9.10. The Morgan fingerprint density at radius 1 is 1.03 bits per heavy atom. The molecule has 0 aromatic heterocycles. The van der Waals surface area contributed by atoms with Crippen LogP contribution in [0.25, 0.3) is 0 Å². The van der Waals surface area contributed by atoms with E-state index < -0.39 is 0 Å². The number of benzene rings is 2. The summed E-state index contributed by atoms with van der Waals surface area (Å²) in [7, 11) is 0. The van der Waals surface area contributed by atoms with Crippen LogP contribution in [0.4, 0.5) is 11.4 Å². The van der Waals surface area contributed by atoms with Gasteiger partial charge in [-0.25, -0.2) is 0 Å². The highest BCUT2D eigenvalue weighted by Crippen LogP contribution is 2.37. The smallest absolute Gasteiger partial charge is 0.258 e. The van der Waals surface area contributed by atoms with Crippen LogP contribution >= 0.6 is 15.9 Å². The van der Waals surface area contributed by atoms with Crippen molar-refractivity contribution in [1.82, 2.24) is 5.32 Å². The van der Waals surface area contributed by atoms with Gasteiger partial charge in [0.05, 0.1) is 11.1 Å². The molecule has 0 saturated heterocycles. The van der Waals surface area contributed by atoms with Gasteiger partial charge in [0.2, 0.25) is 5.91 Å². The molecular weight excluding hydrogens is 462 g/mol. The highest BCUT2D eigenvalue weighted by Gasteiger charge is 2.17. The molecule has 0 bridgehead atoms. The SMILES string of the molecule is CCOc1cc(CNc2ccc(NC(C)=O)cc2)cc(Br)c1OCC(=O)NC(C)(C)C. The van der Waals surface area contributed by atoms with Gasteiger partial charge < -0.3 is 25.4 Å². The van der Waals surface area contributed by atoms with Crippen molar-refractivity contribution in [3.8, 4) is 11.5 Å². The molecule has 0 atom stereocenters. The van der Waals surface area contributed by atoms with Gasteiger partial charge in [-0.2, -0.15) is 0 Å². The van der Waals surface area contributed by atoms with Crippen LogP contribution in [0.3, 0.4) is 0 Å². The van der Waals surface area contributed by atoms with E-state index in [9.17, 15) is 9.59 Å². The predicted molar refractivity (Wildman–Crippen MR) is 127 cm³/mol. The topological polar surface area (TPSA) is 88.7 Å². The van der Waals surface area contributed by atoms with Gasteiger partial charge in [0.1, 0.15) is 0 Å². The second-order valence-electron chi connectivity index (χ2n) is 8.04. The summed E-state index contributed by atoms with van der Waals surface area (Å²) in [6, 6.07) is 11.3. The molecule has 2 amide bonds. The number of halogens is 1. The summed E-state index contributed by atoms with van der Waals surface area (Å²) in [5.74, 6) is 0.759. The number of anilines is 2. The molecule has 7 nitrogen and oxygen atoms in total. The van der Waals surface area contributed by atoms with Crippen LogP contribution in [0.2, 0.25) is 0 Å². The molecule has 0 aliphatic rings. The first kappa shape index (κ1) is 24.5. The zero-order valence-corrected chi connectivity index (χ0v) is 20.2. The van der Waals surface area contributed by atoms with E-state index in [1.54, 1.807) is 0 Å². The fourth-order valence-electron chi connectivity index (χ4n) is 2.80. The standard InChI is InChI=1S/C23H30BrN3O4/c1-6-30-20-12-16(13-25-17-7-9-18(10-8-17)26-15(2)28)11-19(24)22(20)31-14-21(29)27-23(3,4)5/h7-12,25H,6,13-14H2,1-5H3,(H,26,28)(H,27,29). The van der Waals surface area contributed by atoms with E-state index in [0.717, 1.165) is 16.9 Å². The van der Waals surface area contributed by atoms with Gasteiger partial charge in [-0.15, -0.1) is 0 Å². The van der Waals surface area contributed by atoms with Crippen molar-refractivity contribution in [3.05, 3.63) is 46.4 Å². The summed E-state index contributed by atoms with van der Waals surface area (Å²) in [5.41, 5.74) is 2.32. The number of hydrogen-bond donors (Lipinski definition) is 3. The average molecular weight is 492 g/mol. The molecule has 0 fully saturated rings. The summed E-state index contributed by atoms with van der Waals surface area (Å²) >= 11 is 3.53. The Labute approximate surface area is 192 Å². The molecule has 0 saturated carbocycles. The first-order chi connectivity index (χ1) is 14.6. The Balaban J connectivity index is 2.06. The van der Waals surface area contributed by atoms with E-state index in [4.69, 9.17) is 9.47 Å². The van der Waals surface area contributed by atoms with Crippen molar-refractivity contribution in [1.29, 1.82) is 0 Å². The second-order valence-corrected chi connectivity index (χ2v) is 8.89. The van der Waals surface area contributed by atoms with Gasteiger partial charge in [-0.1, -0.05) is 0 Å². The molecule has 0 aliphatic heterocycles. The molecule has 3 N–H and O–H groups in total. The Morgan fingerprint density at radius 2 is 1.68 bits per heavy atom. The minimum Gasteiger partial charge on any atom is -0.490 e. The van der Waals surface area contributed by atoms with Crippen molar-refractivity contribution in [2.75, 3.05) is 23.8 Å². The normalized spacial score (nSPS) is 10.9. The third-order valence-corrected chi connectivity index (χ3v) is 4.52. The molecule has 8 heteroatoms. The average Bonchev–Trinajstić information content (AvgIpc) is 2.65. The Hall–Kier alpha value is -2.74. The van der Waals surface area contributed by atoms with Crippen molar-refractivity contribution in [3.63, 3.8) is 0 Å². The molecule has 0 radical (unpaired) electrons. The fourth-order valence-corrected chi connectivity index (χ4v) is 3.40. The summed E-state index contributed by atoms with van der Waals surface area (Å²) < 4.78 is 12.2. The van der Waals surface area contributed by atoms with Crippen LogP contribution < -0.4 is 25.4 Å². The van der Waals surface area contributed by atoms with Crippen LogP contribution in [0.5, 0.6) is 11.5 Å². The lowest BCUT2D eigenvalue weighted by atomic mass is 10.1. The summed E-state index contributed by atoms with van der Waals surface area (Å²) in [4.78, 5) is 23.2. The van der Waals surface area contributed by atoms with Gasteiger partial charge in [-0.3, -0.25) is 9.59 Å². The molecule has 168 valence electrons. The maximum Gasteiger partial charge on any atom is 0.258 e. The first-order valence-corrected chi connectivity index (χ1v) is 10.9. The molecule has 0 heterocycles. The van der Waals surface area contributed by atoms with Crippen LogP contribution in [-0.2, 0) is 16.1 Å². The van der Waals surface area contributed by atoms with E-state index in [1.807, 2.05) is 64.1 Å². The first-order valence-electron chi connectivity index (χ1n) is 10.1. The van der Waals surface area contributed by atoms with Crippen LogP contribution in [0.1, 0.15) is 40.2 Å². The quantitative estimate of drug-likeness (QED) is 0.472. The van der Waals surface area contributed by atoms with Gasteiger partial charge >= 0.3 is 0 Å². The Morgan fingerprint density at radius 3 is 2.26 bits per heavy atom. The zero-order chi connectivity index (χ0) is 23.0. The van der Waals surface area contributed by atoms with Crippen molar-refractivity contribution in [2.45, 2.75) is 46.7 Å². The number of carbonyl (C=O) groups is 2. The van der Waals surface area contributed by atoms with Crippen LogP contribution in [-0.4, -0.2) is 30.6 Å². The maximum atomic E-state index is 12.1. The minimum atomic E-state index is -0.323. The van der Waals surface area contributed by atoms with Gasteiger partial charge in [-0.05, 0) is 85.6 Å². The lowest BCUT2D eigenvalue weighted by molar-refractivity contribution is -0.124. The molecule has 0 unspecified atom stereocenters. The van der Waals surface area contributed by atoms with Gasteiger partial charge in [0.25, 0.3) is 5.91 Å².